The predicted molar refractivity (Wildman–Crippen MR) is 120 cm³/mol. The summed E-state index contributed by atoms with van der Waals surface area (Å²) in [6, 6.07) is 15.1. The average Bonchev–Trinajstić information content (AvgIpc) is 2.99. The van der Waals surface area contributed by atoms with Crippen LogP contribution in [-0.4, -0.2) is 36.9 Å². The number of carbonyl (C=O) groups is 2. The Kier molecular flexibility index (Phi) is 5.86. The average molecular weight is 423 g/mol. The summed E-state index contributed by atoms with van der Waals surface area (Å²) < 4.78 is 5.21. The number of ether oxygens (including phenoxy) is 1. The number of methoxy groups -OCH3 is 1. The Bertz CT molecular complexity index is 983. The highest BCUT2D eigenvalue weighted by molar-refractivity contribution is 8.04. The Morgan fingerprint density at radius 3 is 2.33 bits per heavy atom. The lowest BCUT2D eigenvalue weighted by Crippen LogP contribution is -2.39. The number of aryl methyl sites for hydroxylation is 1. The van der Waals surface area contributed by atoms with Gasteiger partial charge >= 0.3 is 0 Å². The maximum atomic E-state index is 13.5. The zero-order valence-corrected chi connectivity index (χ0v) is 18.4. The van der Waals surface area contributed by atoms with E-state index < -0.39 is 0 Å². The Morgan fingerprint density at radius 1 is 1.00 bits per heavy atom. The fourth-order valence-electron chi connectivity index (χ4n) is 3.95. The number of rotatable bonds is 5. The van der Waals surface area contributed by atoms with Crippen molar-refractivity contribution in [2.75, 3.05) is 25.1 Å². The van der Waals surface area contributed by atoms with Gasteiger partial charge in [-0.25, -0.2) is 4.90 Å². The van der Waals surface area contributed by atoms with Gasteiger partial charge in [-0.1, -0.05) is 36.4 Å². The van der Waals surface area contributed by atoms with Crippen LogP contribution in [0.25, 0.3) is 0 Å². The molecule has 1 saturated heterocycles. The molecule has 4 rings (SSSR count). The maximum Gasteiger partial charge on any atom is 0.283 e. The molecule has 2 aliphatic heterocycles. The number of likely N-dealkylation sites (tertiary alicyclic amines) is 1. The van der Waals surface area contributed by atoms with Gasteiger partial charge < -0.3 is 9.64 Å². The third-order valence-corrected chi connectivity index (χ3v) is 6.64. The van der Waals surface area contributed by atoms with Gasteiger partial charge in [-0.15, -0.1) is 0 Å². The molecule has 0 radical (unpaired) electrons. The number of piperidine rings is 1. The van der Waals surface area contributed by atoms with Crippen LogP contribution in [0.3, 0.4) is 0 Å². The number of amides is 2. The normalized spacial score (nSPS) is 19.6. The second kappa shape index (κ2) is 8.56. The van der Waals surface area contributed by atoms with Crippen LogP contribution in [0.2, 0.25) is 0 Å². The van der Waals surface area contributed by atoms with E-state index in [-0.39, 0.29) is 11.8 Å². The van der Waals surface area contributed by atoms with Gasteiger partial charge in [0.05, 0.1) is 12.8 Å². The summed E-state index contributed by atoms with van der Waals surface area (Å²) in [7, 11) is 1.59. The number of thioether (sulfide) groups is 1. The first kappa shape index (κ1) is 20.5. The third kappa shape index (κ3) is 3.97. The molecule has 0 bridgehead atoms. The molecule has 5 nitrogen and oxygen atoms in total. The molecule has 2 aromatic carbocycles. The van der Waals surface area contributed by atoms with Crippen LogP contribution in [0.4, 0.5) is 5.69 Å². The van der Waals surface area contributed by atoms with E-state index in [4.69, 9.17) is 4.74 Å². The predicted octanol–water partition coefficient (Wildman–Crippen LogP) is 4.61. The van der Waals surface area contributed by atoms with Crippen molar-refractivity contribution in [3.8, 4) is 5.75 Å². The summed E-state index contributed by atoms with van der Waals surface area (Å²) in [5, 5.41) is 0. The molecule has 1 atom stereocenters. The fraction of sp³-hybridized carbons (Fsp3) is 0.333. The molecule has 1 unspecified atom stereocenters. The van der Waals surface area contributed by atoms with Crippen LogP contribution in [0.5, 0.6) is 5.75 Å². The van der Waals surface area contributed by atoms with E-state index in [1.807, 2.05) is 31.2 Å². The summed E-state index contributed by atoms with van der Waals surface area (Å²) in [5.41, 5.74) is 2.26. The van der Waals surface area contributed by atoms with Crippen LogP contribution in [0.15, 0.2) is 64.0 Å². The van der Waals surface area contributed by atoms with Gasteiger partial charge in [0.1, 0.15) is 16.4 Å². The van der Waals surface area contributed by atoms with Gasteiger partial charge in [-0.05, 0) is 62.1 Å². The molecule has 0 aliphatic carbocycles. The molecule has 0 spiro atoms. The Hall–Kier alpha value is -2.73. The van der Waals surface area contributed by atoms with E-state index in [2.05, 4.69) is 11.8 Å². The molecule has 1 fully saturated rings. The standard InChI is InChI=1S/C24H26N2O3S/c1-16-6-12-20(13-7-16)30-22-21(25-14-4-5-17(2)15-25)23(27)26(24(22)28)18-8-10-19(29-3)11-9-18/h6-13,17H,4-5,14-15H2,1-3H3. The highest BCUT2D eigenvalue weighted by Gasteiger charge is 2.43. The molecule has 30 heavy (non-hydrogen) atoms. The molecule has 0 saturated carbocycles. The quantitative estimate of drug-likeness (QED) is 0.659. The largest absolute Gasteiger partial charge is 0.497 e. The SMILES string of the molecule is COc1ccc(N2C(=O)C(Sc3ccc(C)cc3)=C(N3CCCC(C)C3)C2=O)cc1. The van der Waals surface area contributed by atoms with Gasteiger partial charge in [0.25, 0.3) is 11.8 Å². The zero-order chi connectivity index (χ0) is 21.3. The van der Waals surface area contributed by atoms with Crippen LogP contribution in [0.1, 0.15) is 25.3 Å². The Morgan fingerprint density at radius 2 is 1.70 bits per heavy atom. The fourth-order valence-corrected chi connectivity index (χ4v) is 4.95. The van der Waals surface area contributed by atoms with Gasteiger partial charge in [-0.2, -0.15) is 0 Å². The first-order chi connectivity index (χ1) is 14.5. The summed E-state index contributed by atoms with van der Waals surface area (Å²) in [6.45, 7) is 5.82. The van der Waals surface area contributed by atoms with Crippen molar-refractivity contribution < 1.29 is 14.3 Å². The van der Waals surface area contributed by atoms with E-state index in [1.165, 1.54) is 16.7 Å². The number of carbonyl (C=O) groups excluding carboxylic acids is 2. The van der Waals surface area contributed by atoms with Crippen molar-refractivity contribution in [3.63, 3.8) is 0 Å². The van der Waals surface area contributed by atoms with Gasteiger partial charge in [-0.3, -0.25) is 9.59 Å². The van der Waals surface area contributed by atoms with E-state index >= 15 is 0 Å². The second-order valence-corrected chi connectivity index (χ2v) is 9.01. The van der Waals surface area contributed by atoms with Gasteiger partial charge in [0.15, 0.2) is 0 Å². The van der Waals surface area contributed by atoms with Crippen LogP contribution < -0.4 is 9.64 Å². The molecule has 2 aliphatic rings. The minimum Gasteiger partial charge on any atom is -0.497 e. The number of anilines is 1. The lowest BCUT2D eigenvalue weighted by atomic mass is 10.00. The van der Waals surface area contributed by atoms with Crippen LogP contribution in [0, 0.1) is 12.8 Å². The smallest absolute Gasteiger partial charge is 0.283 e. The number of hydrogen-bond acceptors (Lipinski definition) is 5. The highest BCUT2D eigenvalue weighted by Crippen LogP contribution is 2.40. The van der Waals surface area contributed by atoms with Crippen LogP contribution >= 0.6 is 11.8 Å². The van der Waals surface area contributed by atoms with Crippen molar-refractivity contribution in [1.82, 2.24) is 4.90 Å². The molecule has 156 valence electrons. The lowest BCUT2D eigenvalue weighted by Gasteiger charge is -2.33. The second-order valence-electron chi connectivity index (χ2n) is 7.93. The molecule has 0 N–H and O–H groups in total. The lowest BCUT2D eigenvalue weighted by molar-refractivity contribution is -0.121. The first-order valence-electron chi connectivity index (χ1n) is 10.2. The summed E-state index contributed by atoms with van der Waals surface area (Å²) in [6.07, 6.45) is 2.17. The highest BCUT2D eigenvalue weighted by atomic mass is 32.2. The van der Waals surface area contributed by atoms with E-state index in [1.54, 1.807) is 31.4 Å². The van der Waals surface area contributed by atoms with Gasteiger partial charge in [0, 0.05) is 18.0 Å². The van der Waals surface area contributed by atoms with Crippen molar-refractivity contribution in [3.05, 3.63) is 64.7 Å². The van der Waals surface area contributed by atoms with Crippen molar-refractivity contribution >= 4 is 29.3 Å². The molecule has 0 aromatic heterocycles. The van der Waals surface area contributed by atoms with Crippen molar-refractivity contribution in [2.45, 2.75) is 31.6 Å². The number of hydrogen-bond donors (Lipinski definition) is 0. The monoisotopic (exact) mass is 422 g/mol. The summed E-state index contributed by atoms with van der Waals surface area (Å²) in [5.74, 6) is 0.679. The minimum absolute atomic E-state index is 0.242. The van der Waals surface area contributed by atoms with E-state index in [0.29, 0.717) is 28.0 Å². The Labute approximate surface area is 181 Å². The maximum absolute atomic E-state index is 13.5. The third-order valence-electron chi connectivity index (χ3n) is 5.56. The van der Waals surface area contributed by atoms with Crippen LogP contribution in [-0.2, 0) is 9.59 Å². The molecular weight excluding hydrogens is 396 g/mol. The summed E-state index contributed by atoms with van der Waals surface area (Å²) >= 11 is 1.38. The van der Waals surface area contributed by atoms with E-state index in [0.717, 1.165) is 36.4 Å². The molecule has 2 amide bonds. The molecule has 2 heterocycles. The number of benzene rings is 2. The zero-order valence-electron chi connectivity index (χ0n) is 17.6. The van der Waals surface area contributed by atoms with Crippen molar-refractivity contribution in [2.24, 2.45) is 5.92 Å². The van der Waals surface area contributed by atoms with E-state index in [9.17, 15) is 9.59 Å². The Balaban J connectivity index is 1.72. The number of imide groups is 1. The van der Waals surface area contributed by atoms with Gasteiger partial charge in [0.2, 0.25) is 0 Å². The topological polar surface area (TPSA) is 49.9 Å². The molecule has 2 aromatic rings. The molecule has 6 heteroatoms. The summed E-state index contributed by atoms with van der Waals surface area (Å²) in [4.78, 5) is 31.8. The number of nitrogens with zero attached hydrogens (tertiary/aromatic N) is 2. The minimum atomic E-state index is -0.260. The molecular formula is C24H26N2O3S. The van der Waals surface area contributed by atoms with Crippen molar-refractivity contribution in [1.29, 1.82) is 0 Å². The first-order valence-corrected chi connectivity index (χ1v) is 11.1.